The zero-order valence-electron chi connectivity index (χ0n) is 8.47. The molecule has 0 unspecified atom stereocenters. The Morgan fingerprint density at radius 3 is 2.29 bits per heavy atom. The highest BCUT2D eigenvalue weighted by atomic mass is 32.2. The van der Waals surface area contributed by atoms with Crippen molar-refractivity contribution in [3.05, 3.63) is 35.9 Å². The molecular formula is C10H15NO2S. The Kier molecular flexibility index (Phi) is 3.66. The molecule has 1 rings (SSSR count). The second-order valence-electron chi connectivity index (χ2n) is 3.32. The first-order valence-corrected chi connectivity index (χ1v) is 6.30. The number of sulfonamides is 1. The molecule has 3 nitrogen and oxygen atoms in total. The van der Waals surface area contributed by atoms with E-state index in [0.717, 1.165) is 12.0 Å². The van der Waals surface area contributed by atoms with Gasteiger partial charge in [-0.3, -0.25) is 0 Å². The van der Waals surface area contributed by atoms with Crippen LogP contribution in [0.4, 0.5) is 0 Å². The van der Waals surface area contributed by atoms with E-state index in [1.54, 1.807) is 7.05 Å². The van der Waals surface area contributed by atoms with E-state index in [9.17, 15) is 8.42 Å². The van der Waals surface area contributed by atoms with E-state index in [1.807, 2.05) is 30.3 Å². The molecule has 0 aliphatic carbocycles. The summed E-state index contributed by atoms with van der Waals surface area (Å²) >= 11 is 0. The van der Waals surface area contributed by atoms with Crippen molar-refractivity contribution >= 4 is 10.0 Å². The minimum absolute atomic E-state index is 0.531. The lowest BCUT2D eigenvalue weighted by molar-refractivity contribution is 0.478. The molecule has 0 bridgehead atoms. The average Bonchev–Trinajstić information content (AvgIpc) is 2.14. The molecule has 0 saturated heterocycles. The van der Waals surface area contributed by atoms with Crippen LogP contribution in [0.2, 0.25) is 0 Å². The van der Waals surface area contributed by atoms with Crippen LogP contribution in [0.15, 0.2) is 30.3 Å². The monoisotopic (exact) mass is 213 g/mol. The van der Waals surface area contributed by atoms with Crippen LogP contribution in [0.25, 0.3) is 0 Å². The van der Waals surface area contributed by atoms with Crippen LogP contribution in [0.1, 0.15) is 5.56 Å². The summed E-state index contributed by atoms with van der Waals surface area (Å²) in [5, 5.41) is 0. The Morgan fingerprint density at radius 2 is 1.79 bits per heavy atom. The van der Waals surface area contributed by atoms with Crippen LogP contribution in [-0.2, 0) is 16.4 Å². The van der Waals surface area contributed by atoms with Gasteiger partial charge in [-0.2, -0.15) is 0 Å². The predicted octanol–water partition coefficient (Wildman–Crippen LogP) is 1.12. The van der Waals surface area contributed by atoms with Gasteiger partial charge in [-0.1, -0.05) is 30.3 Å². The third-order valence-electron chi connectivity index (χ3n) is 2.12. The first-order chi connectivity index (χ1) is 6.50. The highest BCUT2D eigenvalue weighted by Gasteiger charge is 2.09. The van der Waals surface area contributed by atoms with Crippen LogP contribution in [0.3, 0.4) is 0 Å². The Balaban J connectivity index is 2.50. The molecule has 0 spiro atoms. The zero-order valence-corrected chi connectivity index (χ0v) is 9.29. The van der Waals surface area contributed by atoms with Crippen LogP contribution in [0, 0.1) is 0 Å². The second kappa shape index (κ2) is 4.57. The fraction of sp³-hybridized carbons (Fsp3) is 0.400. The van der Waals surface area contributed by atoms with Gasteiger partial charge in [0.1, 0.15) is 0 Å². The van der Waals surface area contributed by atoms with Crippen LogP contribution in [0.5, 0.6) is 0 Å². The smallest absolute Gasteiger partial charge is 0.210 e. The fourth-order valence-corrected chi connectivity index (χ4v) is 1.52. The summed E-state index contributed by atoms with van der Waals surface area (Å²) < 4.78 is 23.5. The van der Waals surface area contributed by atoms with Crippen molar-refractivity contribution < 1.29 is 8.42 Å². The van der Waals surface area contributed by atoms with E-state index >= 15 is 0 Å². The van der Waals surface area contributed by atoms with Crippen molar-refractivity contribution in [2.75, 3.05) is 19.8 Å². The van der Waals surface area contributed by atoms with Gasteiger partial charge >= 0.3 is 0 Å². The molecule has 1 aromatic carbocycles. The number of hydrogen-bond acceptors (Lipinski definition) is 2. The summed E-state index contributed by atoms with van der Waals surface area (Å²) in [6.07, 6.45) is 1.97. The summed E-state index contributed by atoms with van der Waals surface area (Å²) in [6, 6.07) is 9.85. The summed E-state index contributed by atoms with van der Waals surface area (Å²) in [7, 11) is -1.44. The third kappa shape index (κ3) is 3.47. The molecule has 0 radical (unpaired) electrons. The Bertz CT molecular complexity index is 372. The van der Waals surface area contributed by atoms with Gasteiger partial charge in [-0.05, 0) is 12.0 Å². The van der Waals surface area contributed by atoms with Crippen molar-refractivity contribution in [3.63, 3.8) is 0 Å². The Morgan fingerprint density at radius 1 is 1.21 bits per heavy atom. The molecule has 14 heavy (non-hydrogen) atoms. The van der Waals surface area contributed by atoms with Gasteiger partial charge in [0, 0.05) is 13.6 Å². The molecule has 0 aromatic heterocycles. The van der Waals surface area contributed by atoms with Gasteiger partial charge in [0.05, 0.1) is 6.26 Å². The highest BCUT2D eigenvalue weighted by molar-refractivity contribution is 7.88. The first-order valence-electron chi connectivity index (χ1n) is 4.45. The standard InChI is InChI=1S/C10H15NO2S/c1-11(14(2,12)13)9-8-10-6-4-3-5-7-10/h3-7H,8-9H2,1-2H3. The van der Waals surface area contributed by atoms with Crippen LogP contribution < -0.4 is 0 Å². The lowest BCUT2D eigenvalue weighted by Crippen LogP contribution is -2.27. The van der Waals surface area contributed by atoms with E-state index < -0.39 is 10.0 Å². The van der Waals surface area contributed by atoms with Gasteiger partial charge in [0.15, 0.2) is 0 Å². The van der Waals surface area contributed by atoms with E-state index in [1.165, 1.54) is 10.6 Å². The number of hydrogen-bond donors (Lipinski definition) is 0. The highest BCUT2D eigenvalue weighted by Crippen LogP contribution is 2.02. The molecule has 0 atom stereocenters. The van der Waals surface area contributed by atoms with Gasteiger partial charge in [0.25, 0.3) is 0 Å². The maximum atomic E-state index is 11.1. The topological polar surface area (TPSA) is 37.4 Å². The minimum atomic E-state index is -3.04. The number of benzene rings is 1. The summed E-state index contributed by atoms with van der Waals surface area (Å²) in [5.41, 5.74) is 1.16. The van der Waals surface area contributed by atoms with Crippen molar-refractivity contribution in [1.82, 2.24) is 4.31 Å². The number of likely N-dealkylation sites (N-methyl/N-ethyl adjacent to an activating group) is 1. The number of rotatable bonds is 4. The lowest BCUT2D eigenvalue weighted by Gasteiger charge is -2.13. The summed E-state index contributed by atoms with van der Waals surface area (Å²) in [6.45, 7) is 0.531. The van der Waals surface area contributed by atoms with Crippen LogP contribution in [-0.4, -0.2) is 32.6 Å². The molecule has 0 fully saturated rings. The quantitative estimate of drug-likeness (QED) is 0.751. The molecule has 0 aliphatic heterocycles. The van der Waals surface area contributed by atoms with E-state index in [2.05, 4.69) is 0 Å². The molecule has 0 N–H and O–H groups in total. The molecule has 0 amide bonds. The summed E-state index contributed by atoms with van der Waals surface area (Å²) in [4.78, 5) is 0. The third-order valence-corrected chi connectivity index (χ3v) is 3.44. The van der Waals surface area contributed by atoms with Gasteiger partial charge in [0.2, 0.25) is 10.0 Å². The largest absolute Gasteiger partial charge is 0.213 e. The Hall–Kier alpha value is -0.870. The Labute approximate surface area is 85.4 Å². The maximum Gasteiger partial charge on any atom is 0.210 e. The summed E-state index contributed by atoms with van der Waals surface area (Å²) in [5.74, 6) is 0. The lowest BCUT2D eigenvalue weighted by atomic mass is 10.2. The predicted molar refractivity (Wildman–Crippen MR) is 57.6 cm³/mol. The molecular weight excluding hydrogens is 198 g/mol. The molecule has 0 heterocycles. The van der Waals surface area contributed by atoms with Gasteiger partial charge in [-0.25, -0.2) is 12.7 Å². The molecule has 4 heteroatoms. The SMILES string of the molecule is CN(CCc1ccccc1)S(C)(=O)=O. The van der Waals surface area contributed by atoms with Crippen molar-refractivity contribution in [1.29, 1.82) is 0 Å². The number of nitrogens with zero attached hydrogens (tertiary/aromatic N) is 1. The van der Waals surface area contributed by atoms with Crippen molar-refractivity contribution in [2.24, 2.45) is 0 Å². The molecule has 1 aromatic rings. The van der Waals surface area contributed by atoms with E-state index in [-0.39, 0.29) is 0 Å². The average molecular weight is 213 g/mol. The fourth-order valence-electron chi connectivity index (χ4n) is 1.10. The molecule has 0 saturated carbocycles. The van der Waals surface area contributed by atoms with Crippen molar-refractivity contribution in [3.8, 4) is 0 Å². The minimum Gasteiger partial charge on any atom is -0.213 e. The molecule has 0 aliphatic rings. The first kappa shape index (κ1) is 11.2. The van der Waals surface area contributed by atoms with Gasteiger partial charge < -0.3 is 0 Å². The van der Waals surface area contributed by atoms with E-state index in [0.29, 0.717) is 6.54 Å². The van der Waals surface area contributed by atoms with Crippen molar-refractivity contribution in [2.45, 2.75) is 6.42 Å². The van der Waals surface area contributed by atoms with Gasteiger partial charge in [-0.15, -0.1) is 0 Å². The van der Waals surface area contributed by atoms with Crippen LogP contribution >= 0.6 is 0 Å². The van der Waals surface area contributed by atoms with E-state index in [4.69, 9.17) is 0 Å². The maximum absolute atomic E-state index is 11.1. The molecule has 78 valence electrons. The zero-order chi connectivity index (χ0) is 10.6. The normalized spacial score (nSPS) is 11.9. The second-order valence-corrected chi connectivity index (χ2v) is 5.41.